The number of rotatable bonds is 7. The number of benzene rings is 9. The minimum Gasteiger partial charge on any atom is -0.309 e. The van der Waals surface area contributed by atoms with E-state index < -0.39 is 0 Å². The average Bonchev–Trinajstić information content (AvgIpc) is 4.07. The third-order valence-corrected chi connectivity index (χ3v) is 13.5. The maximum absolute atomic E-state index is 5.38. The predicted octanol–water partition coefficient (Wildman–Crippen LogP) is 15.2. The summed E-state index contributed by atoms with van der Waals surface area (Å²) in [7, 11) is 0. The van der Waals surface area contributed by atoms with E-state index in [2.05, 4.69) is 190 Å². The van der Waals surface area contributed by atoms with Crippen LogP contribution in [0.5, 0.6) is 0 Å². The van der Waals surface area contributed by atoms with Gasteiger partial charge in [0.05, 0.1) is 33.1 Å². The van der Waals surface area contributed by atoms with Gasteiger partial charge in [-0.05, 0) is 90.0 Å². The quantitative estimate of drug-likeness (QED) is 0.160. The Hall–Kier alpha value is -9.46. The summed E-state index contributed by atoms with van der Waals surface area (Å²) in [6.45, 7) is 0. The third-order valence-electron chi connectivity index (χ3n) is 13.5. The van der Waals surface area contributed by atoms with Crippen LogP contribution >= 0.6 is 0 Å². The van der Waals surface area contributed by atoms with Crippen LogP contribution in [0.25, 0.3) is 128 Å². The lowest BCUT2D eigenvalue weighted by atomic mass is 10.0. The molecule has 7 nitrogen and oxygen atoms in total. The molecule has 14 rings (SSSR count). The molecule has 0 saturated carbocycles. The summed E-state index contributed by atoms with van der Waals surface area (Å²) in [4.78, 5) is 20.4. The normalized spacial score (nSPS) is 11.8. The van der Waals surface area contributed by atoms with Gasteiger partial charge in [-0.2, -0.15) is 0 Å². The molecule has 0 bridgehead atoms. The van der Waals surface area contributed by atoms with E-state index in [4.69, 9.17) is 19.9 Å². The van der Waals surface area contributed by atoms with Crippen molar-refractivity contribution in [3.05, 3.63) is 237 Å². The molecule has 0 aliphatic carbocycles. The van der Waals surface area contributed by atoms with Crippen LogP contribution in [0.3, 0.4) is 0 Å². The van der Waals surface area contributed by atoms with Crippen molar-refractivity contribution >= 4 is 65.4 Å². The van der Waals surface area contributed by atoms with Crippen LogP contribution in [-0.2, 0) is 0 Å². The smallest absolute Gasteiger partial charge is 0.164 e. The molecular formula is C62H39N7. The lowest BCUT2D eigenvalue weighted by molar-refractivity contribution is 1.01. The molecule has 9 aromatic carbocycles. The highest BCUT2D eigenvalue weighted by Gasteiger charge is 2.19. The van der Waals surface area contributed by atoms with Gasteiger partial charge in [-0.1, -0.05) is 158 Å². The molecule has 0 unspecified atom stereocenters. The Labute approximate surface area is 396 Å². The second kappa shape index (κ2) is 15.6. The van der Waals surface area contributed by atoms with Crippen molar-refractivity contribution in [2.75, 3.05) is 0 Å². The Bertz CT molecular complexity index is 4190. The number of hydrogen-bond donors (Lipinski definition) is 0. The minimum absolute atomic E-state index is 0.634. The summed E-state index contributed by atoms with van der Waals surface area (Å²) in [6.07, 6.45) is 0. The van der Waals surface area contributed by atoms with E-state index in [0.29, 0.717) is 17.5 Å². The molecule has 0 amide bonds. The summed E-state index contributed by atoms with van der Waals surface area (Å²) in [5.74, 6) is 3.68. The molecule has 14 aromatic rings. The van der Waals surface area contributed by atoms with Gasteiger partial charge in [0.15, 0.2) is 17.5 Å². The zero-order chi connectivity index (χ0) is 45.4. The van der Waals surface area contributed by atoms with Crippen LogP contribution in [0.1, 0.15) is 0 Å². The molecule has 322 valence electrons. The van der Waals surface area contributed by atoms with Gasteiger partial charge < -0.3 is 4.57 Å². The van der Waals surface area contributed by atoms with E-state index in [1.807, 2.05) is 60.7 Å². The van der Waals surface area contributed by atoms with Crippen molar-refractivity contribution in [1.82, 2.24) is 33.6 Å². The molecule has 0 atom stereocenters. The molecule has 0 aliphatic rings. The zero-order valence-corrected chi connectivity index (χ0v) is 37.1. The van der Waals surface area contributed by atoms with Gasteiger partial charge in [0, 0.05) is 54.7 Å². The molecular weight excluding hydrogens is 843 g/mol. The molecule has 0 N–H and O–H groups in total. The van der Waals surface area contributed by atoms with Gasteiger partial charge in [0.1, 0.15) is 11.6 Å². The van der Waals surface area contributed by atoms with Gasteiger partial charge in [0.25, 0.3) is 0 Å². The fourth-order valence-electron chi connectivity index (χ4n) is 10.4. The van der Waals surface area contributed by atoms with E-state index in [1.54, 1.807) is 0 Å². The highest BCUT2D eigenvalue weighted by atomic mass is 15.1. The summed E-state index contributed by atoms with van der Waals surface area (Å²) < 4.78 is 6.93. The molecule has 0 spiro atoms. The van der Waals surface area contributed by atoms with Gasteiger partial charge >= 0.3 is 0 Å². The number of aromatic nitrogens is 7. The first-order chi connectivity index (χ1) is 34.2. The standard InChI is InChI=1S/C62H39N7/c1-3-16-41(17-4-1)60-64-61(42-18-5-2-6-19-42)66-62(65-60)44-33-37-56-51(39-44)48-22-9-11-24-52(48)67(56)45-34-30-40(31-35-45)43-32-36-57-50(38-43)49-23-10-14-27-55(49)69(57)59-29-15-28-58(63-59)68-53-25-12-7-20-46(53)47-21-8-13-26-54(47)68/h1-39H. The molecule has 0 radical (unpaired) electrons. The molecule has 0 saturated heterocycles. The van der Waals surface area contributed by atoms with E-state index in [-0.39, 0.29) is 0 Å². The summed E-state index contributed by atoms with van der Waals surface area (Å²) in [5, 5.41) is 7.09. The van der Waals surface area contributed by atoms with Crippen molar-refractivity contribution in [2.24, 2.45) is 0 Å². The average molecular weight is 882 g/mol. The predicted molar refractivity (Wildman–Crippen MR) is 282 cm³/mol. The van der Waals surface area contributed by atoms with E-state index in [9.17, 15) is 0 Å². The molecule has 5 aromatic heterocycles. The summed E-state index contributed by atoms with van der Waals surface area (Å²) in [6, 6.07) is 83.3. The SMILES string of the molecule is c1ccc(-c2nc(-c3ccccc3)nc(-c3ccc4c(c3)c3ccccc3n4-c3ccc(-c4ccc5c(c4)c4ccccc4n5-c4cccc(-n5c6ccccc6c6ccccc65)n4)cc3)n2)cc1. The van der Waals surface area contributed by atoms with Gasteiger partial charge in [-0.25, -0.2) is 19.9 Å². The lowest BCUT2D eigenvalue weighted by Crippen LogP contribution is -2.03. The Morgan fingerprint density at radius 1 is 0.217 bits per heavy atom. The number of hydrogen-bond acceptors (Lipinski definition) is 4. The first-order valence-electron chi connectivity index (χ1n) is 23.2. The fourth-order valence-corrected chi connectivity index (χ4v) is 10.4. The highest BCUT2D eigenvalue weighted by Crippen LogP contribution is 2.39. The number of pyridine rings is 1. The molecule has 5 heterocycles. The Morgan fingerprint density at radius 3 is 1.09 bits per heavy atom. The number of fused-ring (bicyclic) bond motifs is 9. The second-order valence-corrected chi connectivity index (χ2v) is 17.5. The van der Waals surface area contributed by atoms with Crippen molar-refractivity contribution in [3.8, 4) is 62.6 Å². The van der Waals surface area contributed by atoms with Crippen molar-refractivity contribution in [1.29, 1.82) is 0 Å². The van der Waals surface area contributed by atoms with Gasteiger partial charge in [-0.15, -0.1) is 0 Å². The van der Waals surface area contributed by atoms with Crippen LogP contribution in [0.4, 0.5) is 0 Å². The van der Waals surface area contributed by atoms with Crippen LogP contribution in [0, 0.1) is 0 Å². The molecule has 0 aliphatic heterocycles. The fraction of sp³-hybridized carbons (Fsp3) is 0. The zero-order valence-electron chi connectivity index (χ0n) is 37.1. The van der Waals surface area contributed by atoms with E-state index >= 15 is 0 Å². The summed E-state index contributed by atoms with van der Waals surface area (Å²) in [5.41, 5.74) is 12.9. The minimum atomic E-state index is 0.634. The third kappa shape index (κ3) is 6.29. The van der Waals surface area contributed by atoms with E-state index in [1.165, 1.54) is 21.5 Å². The largest absolute Gasteiger partial charge is 0.309 e. The maximum atomic E-state index is 5.38. The van der Waals surface area contributed by atoms with Gasteiger partial charge in [-0.3, -0.25) is 9.13 Å². The van der Waals surface area contributed by atoms with Crippen molar-refractivity contribution in [3.63, 3.8) is 0 Å². The highest BCUT2D eigenvalue weighted by molar-refractivity contribution is 6.12. The van der Waals surface area contributed by atoms with Crippen molar-refractivity contribution < 1.29 is 0 Å². The second-order valence-electron chi connectivity index (χ2n) is 17.5. The number of nitrogens with zero attached hydrogens (tertiary/aromatic N) is 7. The lowest BCUT2D eigenvalue weighted by Gasteiger charge is -2.12. The topological polar surface area (TPSA) is 66.3 Å². The van der Waals surface area contributed by atoms with Crippen LogP contribution in [0.15, 0.2) is 237 Å². The summed E-state index contributed by atoms with van der Waals surface area (Å²) >= 11 is 0. The first-order valence-corrected chi connectivity index (χ1v) is 23.2. The monoisotopic (exact) mass is 881 g/mol. The Balaban J connectivity index is 0.842. The number of para-hydroxylation sites is 4. The Morgan fingerprint density at radius 2 is 0.580 bits per heavy atom. The van der Waals surface area contributed by atoms with E-state index in [0.717, 1.165) is 89.0 Å². The maximum Gasteiger partial charge on any atom is 0.164 e. The molecule has 69 heavy (non-hydrogen) atoms. The van der Waals surface area contributed by atoms with Crippen LogP contribution in [-0.4, -0.2) is 33.6 Å². The Kier molecular flexibility index (Phi) is 8.75. The first kappa shape index (κ1) is 38.8. The van der Waals surface area contributed by atoms with Crippen LogP contribution < -0.4 is 0 Å². The van der Waals surface area contributed by atoms with Crippen molar-refractivity contribution in [2.45, 2.75) is 0 Å². The molecule has 7 heteroatoms. The van der Waals surface area contributed by atoms with Gasteiger partial charge in [0.2, 0.25) is 0 Å². The van der Waals surface area contributed by atoms with Crippen LogP contribution in [0.2, 0.25) is 0 Å². The molecule has 0 fully saturated rings.